The molecule has 184 valence electrons. The number of carbonyl (C=O) groups excluding carboxylic acids is 1. The molecular weight excluding hydrogens is 462 g/mol. The number of carboxylic acid groups (broad SMARTS) is 1. The molecule has 3 aromatic carbocycles. The summed E-state index contributed by atoms with van der Waals surface area (Å²) in [5, 5.41) is 19.3. The Balaban J connectivity index is 1.53. The summed E-state index contributed by atoms with van der Waals surface area (Å²) in [6.45, 7) is 3.46. The van der Waals surface area contributed by atoms with Gasteiger partial charge >= 0.3 is 12.0 Å². The molecule has 1 atom stereocenters. The number of aryl methyl sites for hydroxylation is 1. The summed E-state index contributed by atoms with van der Waals surface area (Å²) in [6.07, 6.45) is 3.29. The average Bonchev–Trinajstić information content (AvgIpc) is 2.84. The van der Waals surface area contributed by atoms with Crippen LogP contribution in [0.25, 0.3) is 0 Å². The maximum atomic E-state index is 12.1. The lowest BCUT2D eigenvalue weighted by Crippen LogP contribution is -2.46. The molecule has 7 heteroatoms. The molecule has 2 amide bonds. The van der Waals surface area contributed by atoms with Crippen molar-refractivity contribution in [2.75, 3.05) is 18.4 Å². The Morgan fingerprint density at radius 2 is 1.54 bits per heavy atom. The van der Waals surface area contributed by atoms with Gasteiger partial charge in [-0.1, -0.05) is 54.1 Å². The first-order valence-corrected chi connectivity index (χ1v) is 12.1. The van der Waals surface area contributed by atoms with Crippen LogP contribution in [0.15, 0.2) is 78.9 Å². The standard InChI is InChI=1S/C28H32ClN3O3/c1-28(17-16-21-10-14-24(29)15-11-21,20-22-8-12-23(13-9-22)26(33)34)31-19-5-18-30-27(35)32-25-6-3-2-4-7-25/h2-4,6-15,31H,5,16-20H2,1H3,(H,33,34)(H2,30,32,35). The van der Waals surface area contributed by atoms with Crippen molar-refractivity contribution in [3.8, 4) is 0 Å². The van der Waals surface area contributed by atoms with Gasteiger partial charge in [-0.05, 0) is 86.7 Å². The largest absolute Gasteiger partial charge is 0.478 e. The predicted octanol–water partition coefficient (Wildman–Crippen LogP) is 5.77. The first kappa shape index (κ1) is 26.3. The van der Waals surface area contributed by atoms with Crippen molar-refractivity contribution in [3.63, 3.8) is 0 Å². The molecule has 6 nitrogen and oxygen atoms in total. The molecule has 0 saturated carbocycles. The molecular formula is C28H32ClN3O3. The number of carbonyl (C=O) groups is 2. The van der Waals surface area contributed by atoms with Crippen LogP contribution in [0.3, 0.4) is 0 Å². The van der Waals surface area contributed by atoms with Gasteiger partial charge in [0.1, 0.15) is 0 Å². The van der Waals surface area contributed by atoms with Gasteiger partial charge in [0.2, 0.25) is 0 Å². The Morgan fingerprint density at radius 3 is 2.20 bits per heavy atom. The van der Waals surface area contributed by atoms with Gasteiger partial charge in [-0.25, -0.2) is 9.59 Å². The lowest BCUT2D eigenvalue weighted by molar-refractivity contribution is 0.0697. The third kappa shape index (κ3) is 9.08. The lowest BCUT2D eigenvalue weighted by Gasteiger charge is -2.32. The highest BCUT2D eigenvalue weighted by molar-refractivity contribution is 6.30. The minimum atomic E-state index is -0.927. The second kappa shape index (κ2) is 12.9. The van der Waals surface area contributed by atoms with E-state index in [4.69, 9.17) is 11.6 Å². The highest BCUT2D eigenvalue weighted by Gasteiger charge is 2.24. The van der Waals surface area contributed by atoms with Gasteiger partial charge in [0.05, 0.1) is 5.56 Å². The van der Waals surface area contributed by atoms with E-state index in [2.05, 4.69) is 22.9 Å². The van der Waals surface area contributed by atoms with Gasteiger partial charge in [-0.2, -0.15) is 0 Å². The van der Waals surface area contributed by atoms with Crippen molar-refractivity contribution < 1.29 is 14.7 Å². The maximum absolute atomic E-state index is 12.1. The third-order valence-electron chi connectivity index (χ3n) is 5.90. The summed E-state index contributed by atoms with van der Waals surface area (Å²) in [4.78, 5) is 23.3. The molecule has 0 aliphatic carbocycles. The van der Waals surface area contributed by atoms with Crippen molar-refractivity contribution in [3.05, 3.63) is 101 Å². The number of amides is 2. The summed E-state index contributed by atoms with van der Waals surface area (Å²) >= 11 is 6.02. The molecule has 4 N–H and O–H groups in total. The van der Waals surface area contributed by atoms with E-state index in [-0.39, 0.29) is 17.1 Å². The monoisotopic (exact) mass is 493 g/mol. The first-order chi connectivity index (χ1) is 16.8. The molecule has 0 spiro atoms. The van der Waals surface area contributed by atoms with Crippen LogP contribution >= 0.6 is 11.6 Å². The van der Waals surface area contributed by atoms with Crippen LogP contribution in [0.5, 0.6) is 0 Å². The summed E-state index contributed by atoms with van der Waals surface area (Å²) in [5.74, 6) is -0.927. The number of hydrogen-bond donors (Lipinski definition) is 4. The van der Waals surface area contributed by atoms with Gasteiger partial charge < -0.3 is 21.1 Å². The van der Waals surface area contributed by atoms with Crippen LogP contribution in [-0.4, -0.2) is 35.7 Å². The normalized spacial score (nSPS) is 12.5. The van der Waals surface area contributed by atoms with Gasteiger partial charge in [-0.3, -0.25) is 0 Å². The quantitative estimate of drug-likeness (QED) is 0.241. The topological polar surface area (TPSA) is 90.5 Å². The number of benzene rings is 3. The van der Waals surface area contributed by atoms with E-state index in [0.717, 1.165) is 48.5 Å². The number of para-hydroxylation sites is 1. The average molecular weight is 494 g/mol. The molecule has 3 aromatic rings. The molecule has 3 rings (SSSR count). The summed E-state index contributed by atoms with van der Waals surface area (Å²) in [7, 11) is 0. The van der Waals surface area contributed by atoms with E-state index in [0.29, 0.717) is 6.54 Å². The van der Waals surface area contributed by atoms with E-state index in [1.54, 1.807) is 12.1 Å². The number of carboxylic acids is 1. The van der Waals surface area contributed by atoms with E-state index in [9.17, 15) is 14.7 Å². The zero-order valence-electron chi connectivity index (χ0n) is 19.9. The summed E-state index contributed by atoms with van der Waals surface area (Å²) in [5.41, 5.74) is 3.11. The van der Waals surface area contributed by atoms with Crippen LogP contribution in [0.1, 0.15) is 41.3 Å². The fourth-order valence-corrected chi connectivity index (χ4v) is 4.03. The molecule has 0 saturated heterocycles. The maximum Gasteiger partial charge on any atom is 0.335 e. The Morgan fingerprint density at radius 1 is 0.886 bits per heavy atom. The van der Waals surface area contributed by atoms with Crippen LogP contribution in [0.2, 0.25) is 5.02 Å². The Hall–Kier alpha value is -3.35. The van der Waals surface area contributed by atoms with Crippen LogP contribution < -0.4 is 16.0 Å². The smallest absolute Gasteiger partial charge is 0.335 e. The number of halogens is 1. The highest BCUT2D eigenvalue weighted by Crippen LogP contribution is 2.21. The van der Waals surface area contributed by atoms with Crippen molar-refractivity contribution in [1.82, 2.24) is 10.6 Å². The van der Waals surface area contributed by atoms with Crippen molar-refractivity contribution in [1.29, 1.82) is 0 Å². The SMILES string of the molecule is CC(CCc1ccc(Cl)cc1)(Cc1ccc(C(=O)O)cc1)NCCCNC(=O)Nc1ccccc1. The highest BCUT2D eigenvalue weighted by atomic mass is 35.5. The Bertz CT molecular complexity index is 1090. The number of hydrogen-bond acceptors (Lipinski definition) is 3. The van der Waals surface area contributed by atoms with Crippen LogP contribution in [-0.2, 0) is 12.8 Å². The molecule has 35 heavy (non-hydrogen) atoms. The summed E-state index contributed by atoms with van der Waals surface area (Å²) in [6, 6.07) is 24.0. The summed E-state index contributed by atoms with van der Waals surface area (Å²) < 4.78 is 0. The number of urea groups is 1. The predicted molar refractivity (Wildman–Crippen MR) is 141 cm³/mol. The minimum absolute atomic E-state index is 0.212. The molecule has 0 aliphatic rings. The lowest BCUT2D eigenvalue weighted by atomic mass is 9.86. The van der Waals surface area contributed by atoms with Crippen LogP contribution in [0.4, 0.5) is 10.5 Å². The number of nitrogens with one attached hydrogen (secondary N) is 3. The third-order valence-corrected chi connectivity index (χ3v) is 6.15. The number of rotatable bonds is 12. The van der Waals surface area contributed by atoms with Gasteiger partial charge in [0.15, 0.2) is 0 Å². The van der Waals surface area contributed by atoms with Crippen LogP contribution in [0, 0.1) is 0 Å². The molecule has 0 radical (unpaired) electrons. The van der Waals surface area contributed by atoms with Crippen molar-refractivity contribution >= 4 is 29.3 Å². The van der Waals surface area contributed by atoms with E-state index in [1.807, 2.05) is 66.7 Å². The number of anilines is 1. The zero-order valence-corrected chi connectivity index (χ0v) is 20.6. The molecule has 0 bridgehead atoms. The van der Waals surface area contributed by atoms with E-state index < -0.39 is 5.97 Å². The second-order valence-electron chi connectivity index (χ2n) is 8.89. The van der Waals surface area contributed by atoms with Gasteiger partial charge in [0.25, 0.3) is 0 Å². The molecule has 1 unspecified atom stereocenters. The van der Waals surface area contributed by atoms with E-state index in [1.165, 1.54) is 5.56 Å². The first-order valence-electron chi connectivity index (χ1n) is 11.7. The Kier molecular flexibility index (Phi) is 9.70. The fourth-order valence-electron chi connectivity index (χ4n) is 3.90. The van der Waals surface area contributed by atoms with Gasteiger partial charge in [0, 0.05) is 22.8 Å². The van der Waals surface area contributed by atoms with Crippen molar-refractivity contribution in [2.45, 2.75) is 38.1 Å². The molecule has 0 fully saturated rings. The van der Waals surface area contributed by atoms with Gasteiger partial charge in [-0.15, -0.1) is 0 Å². The number of aromatic carboxylic acids is 1. The van der Waals surface area contributed by atoms with Crippen molar-refractivity contribution in [2.24, 2.45) is 0 Å². The molecule has 0 aliphatic heterocycles. The fraction of sp³-hybridized carbons (Fsp3) is 0.286. The Labute approximate surface area is 211 Å². The minimum Gasteiger partial charge on any atom is -0.478 e. The zero-order chi connectivity index (χ0) is 25.1. The van der Waals surface area contributed by atoms with E-state index >= 15 is 0 Å². The molecule has 0 heterocycles. The second-order valence-corrected chi connectivity index (χ2v) is 9.33. The molecule has 0 aromatic heterocycles.